The van der Waals surface area contributed by atoms with Gasteiger partial charge in [0.15, 0.2) is 0 Å². The second-order valence-electron chi connectivity index (χ2n) is 5.77. The molecule has 0 fully saturated rings. The number of fused-ring (bicyclic) bond motifs is 1. The first-order valence-corrected chi connectivity index (χ1v) is 10.3. The topological polar surface area (TPSA) is 47.0 Å². The molecule has 4 aromatic rings. The summed E-state index contributed by atoms with van der Waals surface area (Å²) in [5, 5.41) is 0. The van der Waals surface area contributed by atoms with Crippen LogP contribution in [0.5, 0.6) is 0 Å². The highest BCUT2D eigenvalue weighted by atomic mass is 32.2. The smallest absolute Gasteiger partial charge is 0.210 e. The Bertz CT molecular complexity index is 1080. The fraction of sp³-hybridized carbons (Fsp3) is 0.0500. The van der Waals surface area contributed by atoms with Crippen molar-refractivity contribution >= 4 is 31.4 Å². The molecule has 1 aromatic heterocycles. The summed E-state index contributed by atoms with van der Waals surface area (Å²) in [7, 11) is -3.45. The number of hydrogen-bond donors (Lipinski definition) is 0. The first-order chi connectivity index (χ1) is 12.1. The third kappa shape index (κ3) is 3.34. The van der Waals surface area contributed by atoms with Gasteiger partial charge in [0.1, 0.15) is 0 Å². The zero-order chi connectivity index (χ0) is 17.3. The van der Waals surface area contributed by atoms with E-state index in [0.29, 0.717) is 0 Å². The fourth-order valence-electron chi connectivity index (χ4n) is 2.69. The standard InChI is InChI=1S/C20H15NO2S2/c22-25(23,20-21-18-8-4-5-9-19(18)24-20)14-15-10-12-17(13-11-15)16-6-2-1-3-7-16/h1-13H,14H2. The Morgan fingerprint density at radius 3 is 2.12 bits per heavy atom. The van der Waals surface area contributed by atoms with E-state index in [1.165, 1.54) is 11.3 Å². The summed E-state index contributed by atoms with van der Waals surface area (Å²) in [6, 6.07) is 25.1. The molecule has 0 aliphatic heterocycles. The lowest BCUT2D eigenvalue weighted by atomic mass is 10.0. The van der Waals surface area contributed by atoms with Gasteiger partial charge in [0.25, 0.3) is 0 Å². The number of para-hydroxylation sites is 1. The van der Waals surface area contributed by atoms with Gasteiger partial charge in [0.2, 0.25) is 14.2 Å². The summed E-state index contributed by atoms with van der Waals surface area (Å²) in [5.41, 5.74) is 3.68. The van der Waals surface area contributed by atoms with Crippen molar-refractivity contribution in [2.24, 2.45) is 0 Å². The lowest BCUT2D eigenvalue weighted by molar-refractivity contribution is 0.594. The van der Waals surface area contributed by atoms with Gasteiger partial charge in [-0.3, -0.25) is 0 Å². The Kier molecular flexibility index (Phi) is 4.11. The largest absolute Gasteiger partial charge is 0.225 e. The lowest BCUT2D eigenvalue weighted by Gasteiger charge is -2.04. The van der Waals surface area contributed by atoms with Crippen LogP contribution in [0.4, 0.5) is 0 Å². The van der Waals surface area contributed by atoms with Gasteiger partial charge in [-0.1, -0.05) is 66.7 Å². The maximum Gasteiger partial charge on any atom is 0.210 e. The van der Waals surface area contributed by atoms with Gasteiger partial charge in [0.05, 0.1) is 16.0 Å². The van der Waals surface area contributed by atoms with E-state index in [2.05, 4.69) is 4.98 Å². The Labute approximate surface area is 150 Å². The molecule has 0 radical (unpaired) electrons. The van der Waals surface area contributed by atoms with Gasteiger partial charge in [0, 0.05) is 0 Å². The molecule has 0 saturated heterocycles. The molecule has 0 unspecified atom stereocenters. The Morgan fingerprint density at radius 1 is 0.760 bits per heavy atom. The zero-order valence-electron chi connectivity index (χ0n) is 13.3. The predicted octanol–water partition coefficient (Wildman–Crippen LogP) is 4.94. The lowest BCUT2D eigenvalue weighted by Crippen LogP contribution is -2.04. The molecule has 3 aromatic carbocycles. The summed E-state index contributed by atoms with van der Waals surface area (Å²) in [6.45, 7) is 0. The second-order valence-corrected chi connectivity index (χ2v) is 8.96. The molecule has 3 nitrogen and oxygen atoms in total. The number of thiazole rings is 1. The van der Waals surface area contributed by atoms with Crippen LogP contribution in [0, 0.1) is 0 Å². The van der Waals surface area contributed by atoms with Crippen LogP contribution < -0.4 is 0 Å². The van der Waals surface area contributed by atoms with E-state index in [0.717, 1.165) is 26.9 Å². The molecule has 0 amide bonds. The molecule has 0 saturated carbocycles. The summed E-state index contributed by atoms with van der Waals surface area (Å²) in [5.74, 6) is -0.0398. The highest BCUT2D eigenvalue weighted by Crippen LogP contribution is 2.28. The molecule has 1 heterocycles. The van der Waals surface area contributed by atoms with E-state index >= 15 is 0 Å². The zero-order valence-corrected chi connectivity index (χ0v) is 14.9. The van der Waals surface area contributed by atoms with E-state index in [1.54, 1.807) is 0 Å². The van der Waals surface area contributed by atoms with Gasteiger partial charge in [-0.05, 0) is 28.8 Å². The van der Waals surface area contributed by atoms with Crippen molar-refractivity contribution in [3.8, 4) is 11.1 Å². The van der Waals surface area contributed by atoms with E-state index < -0.39 is 9.84 Å². The quantitative estimate of drug-likeness (QED) is 0.515. The van der Waals surface area contributed by atoms with Crippen LogP contribution in [0.2, 0.25) is 0 Å². The molecule has 0 aliphatic carbocycles. The molecule has 0 aliphatic rings. The molecular formula is C20H15NO2S2. The van der Waals surface area contributed by atoms with Crippen LogP contribution in [0.1, 0.15) is 5.56 Å². The monoisotopic (exact) mass is 365 g/mol. The normalized spacial score (nSPS) is 11.7. The first-order valence-electron chi connectivity index (χ1n) is 7.84. The minimum Gasteiger partial charge on any atom is -0.225 e. The van der Waals surface area contributed by atoms with Gasteiger partial charge in [-0.15, -0.1) is 11.3 Å². The van der Waals surface area contributed by atoms with Crippen LogP contribution in [-0.4, -0.2) is 13.4 Å². The number of nitrogens with zero attached hydrogens (tertiary/aromatic N) is 1. The molecule has 0 spiro atoms. The maximum atomic E-state index is 12.7. The minimum absolute atomic E-state index is 0.0398. The van der Waals surface area contributed by atoms with Crippen molar-refractivity contribution in [2.75, 3.05) is 0 Å². The van der Waals surface area contributed by atoms with Crippen molar-refractivity contribution in [3.05, 3.63) is 84.4 Å². The number of sulfone groups is 1. The minimum atomic E-state index is -3.45. The molecule has 0 N–H and O–H groups in total. The number of rotatable bonds is 4. The van der Waals surface area contributed by atoms with Crippen LogP contribution in [0.3, 0.4) is 0 Å². The van der Waals surface area contributed by atoms with Crippen molar-refractivity contribution < 1.29 is 8.42 Å². The predicted molar refractivity (Wildman–Crippen MR) is 102 cm³/mol. The van der Waals surface area contributed by atoms with Crippen molar-refractivity contribution in [1.29, 1.82) is 0 Å². The summed E-state index contributed by atoms with van der Waals surface area (Å²) in [4.78, 5) is 4.28. The third-order valence-electron chi connectivity index (χ3n) is 3.96. The molecule has 0 bridgehead atoms. The van der Waals surface area contributed by atoms with Crippen molar-refractivity contribution in [2.45, 2.75) is 10.1 Å². The summed E-state index contributed by atoms with van der Waals surface area (Å²) < 4.78 is 26.4. The van der Waals surface area contributed by atoms with Gasteiger partial charge in [-0.25, -0.2) is 13.4 Å². The number of aromatic nitrogens is 1. The van der Waals surface area contributed by atoms with Gasteiger partial charge in [-0.2, -0.15) is 0 Å². The average Bonchev–Trinajstić information content (AvgIpc) is 3.08. The Morgan fingerprint density at radius 2 is 1.40 bits per heavy atom. The van der Waals surface area contributed by atoms with E-state index in [9.17, 15) is 8.42 Å². The number of hydrogen-bond acceptors (Lipinski definition) is 4. The van der Waals surface area contributed by atoms with E-state index in [4.69, 9.17) is 0 Å². The van der Waals surface area contributed by atoms with E-state index in [-0.39, 0.29) is 10.1 Å². The summed E-state index contributed by atoms with van der Waals surface area (Å²) in [6.07, 6.45) is 0. The van der Waals surface area contributed by atoms with Gasteiger partial charge < -0.3 is 0 Å². The second kappa shape index (κ2) is 6.43. The Hall–Kier alpha value is -2.50. The molecular weight excluding hydrogens is 350 g/mol. The van der Waals surface area contributed by atoms with Crippen LogP contribution in [-0.2, 0) is 15.6 Å². The maximum absolute atomic E-state index is 12.7. The summed E-state index contributed by atoms with van der Waals surface area (Å²) >= 11 is 1.22. The van der Waals surface area contributed by atoms with Crippen LogP contribution in [0.15, 0.2) is 83.2 Å². The molecule has 5 heteroatoms. The van der Waals surface area contributed by atoms with Gasteiger partial charge >= 0.3 is 0 Å². The molecule has 4 rings (SSSR count). The third-order valence-corrected chi connectivity index (χ3v) is 7.14. The van der Waals surface area contributed by atoms with E-state index in [1.807, 2.05) is 78.9 Å². The highest BCUT2D eigenvalue weighted by Gasteiger charge is 2.20. The first kappa shape index (κ1) is 16.0. The fourth-order valence-corrected chi connectivity index (χ4v) is 5.33. The SMILES string of the molecule is O=S(=O)(Cc1ccc(-c2ccccc2)cc1)c1nc2ccccc2s1. The number of benzene rings is 3. The Balaban J connectivity index is 1.60. The van der Waals surface area contributed by atoms with Crippen molar-refractivity contribution in [1.82, 2.24) is 4.98 Å². The molecule has 0 atom stereocenters. The average molecular weight is 365 g/mol. The van der Waals surface area contributed by atoms with Crippen molar-refractivity contribution in [3.63, 3.8) is 0 Å². The van der Waals surface area contributed by atoms with Crippen LogP contribution >= 0.6 is 11.3 Å². The highest BCUT2D eigenvalue weighted by molar-refractivity contribution is 7.92. The molecule has 25 heavy (non-hydrogen) atoms. The van der Waals surface area contributed by atoms with Crippen LogP contribution in [0.25, 0.3) is 21.3 Å². The molecule has 124 valence electrons.